The van der Waals surface area contributed by atoms with Gasteiger partial charge >= 0.3 is 0 Å². The number of hydrogen-bond donors (Lipinski definition) is 0. The van der Waals surface area contributed by atoms with E-state index in [-0.39, 0.29) is 0 Å². The Bertz CT molecular complexity index is 617. The maximum Gasteiger partial charge on any atom is 0.161 e. The van der Waals surface area contributed by atoms with Crippen molar-refractivity contribution in [2.24, 2.45) is 0 Å². The van der Waals surface area contributed by atoms with Gasteiger partial charge in [0.2, 0.25) is 0 Å². The van der Waals surface area contributed by atoms with Crippen LogP contribution in [0.3, 0.4) is 0 Å². The van der Waals surface area contributed by atoms with Crippen LogP contribution < -0.4 is 0 Å². The van der Waals surface area contributed by atoms with Crippen molar-refractivity contribution in [2.75, 3.05) is 25.1 Å². The third kappa shape index (κ3) is 1.95. The Kier molecular flexibility index (Phi) is 3.19. The molecule has 2 unspecified atom stereocenters. The van der Waals surface area contributed by atoms with Crippen molar-refractivity contribution in [3.63, 3.8) is 0 Å². The number of pyridine rings is 1. The summed E-state index contributed by atoms with van der Waals surface area (Å²) in [5.41, 5.74) is 2.12. The summed E-state index contributed by atoms with van der Waals surface area (Å²) in [4.78, 5) is 12.0. The highest BCUT2D eigenvalue weighted by molar-refractivity contribution is 7.99. The Morgan fingerprint density at radius 2 is 2.30 bits per heavy atom. The average Bonchev–Trinajstić information content (AvgIpc) is 3.15. The van der Waals surface area contributed by atoms with E-state index in [4.69, 9.17) is 4.98 Å². The molecule has 0 saturated carbocycles. The quantitative estimate of drug-likeness (QED) is 0.851. The standard InChI is InChI=1S/C15H20N4S/c1-18-8-3-5-13(18)19-14(11-6-9-20-10-11)17-12-4-2-7-16-15(12)19/h2,4,7,11,13H,3,5-6,8-10H2,1H3. The second kappa shape index (κ2) is 5.04. The second-order valence-corrected chi connectivity index (χ2v) is 7.00. The highest BCUT2D eigenvalue weighted by Crippen LogP contribution is 2.37. The van der Waals surface area contributed by atoms with Gasteiger partial charge < -0.3 is 0 Å². The van der Waals surface area contributed by atoms with Crippen LogP contribution in [0, 0.1) is 0 Å². The van der Waals surface area contributed by atoms with Gasteiger partial charge in [-0.25, -0.2) is 9.97 Å². The maximum absolute atomic E-state index is 4.93. The summed E-state index contributed by atoms with van der Waals surface area (Å²) in [6.45, 7) is 1.18. The van der Waals surface area contributed by atoms with Gasteiger partial charge in [0, 0.05) is 17.9 Å². The van der Waals surface area contributed by atoms with Crippen LogP contribution in [0.4, 0.5) is 0 Å². The van der Waals surface area contributed by atoms with Crippen LogP contribution >= 0.6 is 11.8 Å². The van der Waals surface area contributed by atoms with Crippen molar-refractivity contribution in [2.45, 2.75) is 31.3 Å². The molecule has 2 atom stereocenters. The molecule has 0 N–H and O–H groups in total. The third-order valence-corrected chi connectivity index (χ3v) is 5.71. The molecule has 2 aliphatic heterocycles. The topological polar surface area (TPSA) is 34.0 Å². The van der Waals surface area contributed by atoms with Crippen LogP contribution in [0.5, 0.6) is 0 Å². The minimum atomic E-state index is 0.440. The van der Waals surface area contributed by atoms with Crippen LogP contribution in [0.25, 0.3) is 11.2 Å². The Morgan fingerprint density at radius 1 is 1.35 bits per heavy atom. The summed E-state index contributed by atoms with van der Waals surface area (Å²) in [5, 5.41) is 0. The van der Waals surface area contributed by atoms with Crippen LogP contribution in [-0.4, -0.2) is 44.5 Å². The smallest absolute Gasteiger partial charge is 0.161 e. The molecule has 20 heavy (non-hydrogen) atoms. The summed E-state index contributed by atoms with van der Waals surface area (Å²) in [5.74, 6) is 4.34. The van der Waals surface area contributed by atoms with E-state index in [1.54, 1.807) is 0 Å². The molecule has 0 aromatic carbocycles. The van der Waals surface area contributed by atoms with Gasteiger partial charge in [-0.1, -0.05) is 0 Å². The summed E-state index contributed by atoms with van der Waals surface area (Å²) >= 11 is 2.05. The fourth-order valence-electron chi connectivity index (χ4n) is 3.49. The molecule has 0 bridgehead atoms. The molecule has 2 fully saturated rings. The van der Waals surface area contributed by atoms with E-state index < -0.39 is 0 Å². The molecule has 4 rings (SSSR count). The zero-order valence-electron chi connectivity index (χ0n) is 11.8. The van der Waals surface area contributed by atoms with Crippen molar-refractivity contribution in [1.29, 1.82) is 0 Å². The highest BCUT2D eigenvalue weighted by Gasteiger charge is 2.31. The first-order chi connectivity index (χ1) is 9.84. The number of fused-ring (bicyclic) bond motifs is 1. The van der Waals surface area contributed by atoms with Gasteiger partial charge in [0.25, 0.3) is 0 Å². The van der Waals surface area contributed by atoms with Crippen LogP contribution in [0.15, 0.2) is 18.3 Å². The molecule has 106 valence electrons. The maximum atomic E-state index is 4.93. The van der Waals surface area contributed by atoms with Crippen molar-refractivity contribution in [1.82, 2.24) is 19.4 Å². The largest absolute Gasteiger partial charge is 0.296 e. The first kappa shape index (κ1) is 12.7. The molecule has 0 radical (unpaired) electrons. The molecule has 2 aromatic rings. The lowest BCUT2D eigenvalue weighted by molar-refractivity contribution is 0.235. The average molecular weight is 288 g/mol. The van der Waals surface area contributed by atoms with E-state index in [0.29, 0.717) is 12.1 Å². The fourth-order valence-corrected chi connectivity index (χ4v) is 4.70. The Labute approximate surface area is 123 Å². The van der Waals surface area contributed by atoms with Gasteiger partial charge in [-0.15, -0.1) is 0 Å². The monoisotopic (exact) mass is 288 g/mol. The molecule has 4 nitrogen and oxygen atoms in total. The number of rotatable bonds is 2. The van der Waals surface area contributed by atoms with Gasteiger partial charge in [-0.2, -0.15) is 11.8 Å². The van der Waals surface area contributed by atoms with Gasteiger partial charge in [-0.3, -0.25) is 9.47 Å². The molecular formula is C15H20N4S. The molecule has 2 aliphatic rings. The Hall–Kier alpha value is -1.07. The van der Waals surface area contributed by atoms with Gasteiger partial charge in [0.15, 0.2) is 5.65 Å². The molecule has 5 heteroatoms. The molecule has 2 aromatic heterocycles. The number of likely N-dealkylation sites (tertiary alicyclic amines) is 1. The first-order valence-electron chi connectivity index (χ1n) is 7.45. The minimum absolute atomic E-state index is 0.440. The molecule has 4 heterocycles. The predicted octanol–water partition coefficient (Wildman–Crippen LogP) is 2.88. The normalized spacial score (nSPS) is 27.6. The van der Waals surface area contributed by atoms with E-state index >= 15 is 0 Å². The third-order valence-electron chi connectivity index (χ3n) is 4.55. The van der Waals surface area contributed by atoms with Crippen molar-refractivity contribution >= 4 is 22.9 Å². The molecule has 0 aliphatic carbocycles. The summed E-state index contributed by atoms with van der Waals surface area (Å²) in [6.07, 6.45) is 6.07. The zero-order valence-corrected chi connectivity index (χ0v) is 12.6. The van der Waals surface area contributed by atoms with E-state index in [1.807, 2.05) is 12.3 Å². The lowest BCUT2D eigenvalue weighted by Gasteiger charge is -2.24. The van der Waals surface area contributed by atoms with Crippen molar-refractivity contribution < 1.29 is 0 Å². The highest BCUT2D eigenvalue weighted by atomic mass is 32.2. The van der Waals surface area contributed by atoms with Gasteiger partial charge in [-0.05, 0) is 50.7 Å². The summed E-state index contributed by atoms with van der Waals surface area (Å²) < 4.78 is 2.43. The zero-order chi connectivity index (χ0) is 13.5. The minimum Gasteiger partial charge on any atom is -0.296 e. The molecular weight excluding hydrogens is 268 g/mol. The first-order valence-corrected chi connectivity index (χ1v) is 8.61. The number of aromatic nitrogens is 3. The number of hydrogen-bond acceptors (Lipinski definition) is 4. The van der Waals surface area contributed by atoms with Crippen LogP contribution in [0.1, 0.15) is 37.2 Å². The van der Waals surface area contributed by atoms with E-state index in [1.165, 1.54) is 43.1 Å². The number of nitrogens with zero attached hydrogens (tertiary/aromatic N) is 4. The Morgan fingerprint density at radius 3 is 3.05 bits per heavy atom. The molecule has 0 amide bonds. The van der Waals surface area contributed by atoms with E-state index in [0.717, 1.165) is 11.2 Å². The van der Waals surface area contributed by atoms with Crippen molar-refractivity contribution in [3.05, 3.63) is 24.2 Å². The van der Waals surface area contributed by atoms with Crippen LogP contribution in [0.2, 0.25) is 0 Å². The SMILES string of the molecule is CN1CCCC1n1c(C2CCSC2)nc2cccnc21. The number of imidazole rings is 1. The molecule has 2 saturated heterocycles. The lowest BCUT2D eigenvalue weighted by Crippen LogP contribution is -2.25. The van der Waals surface area contributed by atoms with Crippen molar-refractivity contribution in [3.8, 4) is 0 Å². The van der Waals surface area contributed by atoms with E-state index in [9.17, 15) is 0 Å². The van der Waals surface area contributed by atoms with E-state index in [2.05, 4.69) is 39.3 Å². The summed E-state index contributed by atoms with van der Waals surface area (Å²) in [7, 11) is 2.22. The van der Waals surface area contributed by atoms with Crippen LogP contribution in [-0.2, 0) is 0 Å². The Balaban J connectivity index is 1.88. The predicted molar refractivity (Wildman–Crippen MR) is 83.1 cm³/mol. The second-order valence-electron chi connectivity index (χ2n) is 5.85. The number of thioether (sulfide) groups is 1. The fraction of sp³-hybridized carbons (Fsp3) is 0.600. The van der Waals surface area contributed by atoms with Gasteiger partial charge in [0.1, 0.15) is 11.3 Å². The van der Waals surface area contributed by atoms with Gasteiger partial charge in [0.05, 0.1) is 6.17 Å². The summed E-state index contributed by atoms with van der Waals surface area (Å²) in [6, 6.07) is 4.09. The molecule has 0 spiro atoms. The lowest BCUT2D eigenvalue weighted by atomic mass is 10.1.